The van der Waals surface area contributed by atoms with E-state index in [-0.39, 0.29) is 42.3 Å². The second kappa shape index (κ2) is 17.7. The molecule has 3 amide bonds. The van der Waals surface area contributed by atoms with Crippen LogP contribution in [0.5, 0.6) is 0 Å². The number of benzene rings is 2. The van der Waals surface area contributed by atoms with Gasteiger partial charge in [-0.15, -0.1) is 0 Å². The first kappa shape index (κ1) is 43.2. The molecule has 0 saturated carbocycles. The van der Waals surface area contributed by atoms with E-state index in [0.29, 0.717) is 37.9 Å². The van der Waals surface area contributed by atoms with Crippen LogP contribution in [0.25, 0.3) is 0 Å². The zero-order chi connectivity index (χ0) is 41.6. The van der Waals surface area contributed by atoms with Gasteiger partial charge in [-0.1, -0.05) is 62.4 Å². The molecule has 5 rings (SSSR count). The molecule has 0 aliphatic carbocycles. The van der Waals surface area contributed by atoms with Gasteiger partial charge in [0.15, 0.2) is 5.71 Å². The van der Waals surface area contributed by atoms with Gasteiger partial charge >= 0.3 is 0 Å². The molecule has 2 aromatic carbocycles. The van der Waals surface area contributed by atoms with Crippen molar-refractivity contribution in [2.75, 3.05) is 42.6 Å². The molecule has 13 nitrogen and oxygen atoms in total. The standard InChI is InChI=1S/C42H50N4O9S2/c1-41(2)32-16-10-11-17-34(32)44(25-12-14-28-56(50,51)52)36(41)18-8-6-5-7-9-19-37-42(3,4)33-30-31(40(49)43-24-27-46-38(47)22-23-39(46)48)20-21-35(33)45(37)26-13-15-29-57(53,54)55/h5-11,16-23,30H,12-15,24-29H2,1-4H3,(H2-,43,49,50,51,52,53,54,55)/p+1. The van der Waals surface area contributed by atoms with E-state index in [2.05, 4.69) is 60.7 Å². The maximum Gasteiger partial charge on any atom is 0.264 e. The van der Waals surface area contributed by atoms with Crippen LogP contribution in [0.2, 0.25) is 0 Å². The molecule has 3 N–H and O–H groups in total. The summed E-state index contributed by atoms with van der Waals surface area (Å²) in [4.78, 5) is 40.1. The first-order chi connectivity index (χ1) is 26.8. The number of rotatable bonds is 18. The highest BCUT2D eigenvalue weighted by Gasteiger charge is 2.44. The summed E-state index contributed by atoms with van der Waals surface area (Å²) in [6.45, 7) is 9.65. The number of imide groups is 1. The molecule has 0 atom stereocenters. The van der Waals surface area contributed by atoms with E-state index in [1.807, 2.05) is 60.7 Å². The average Bonchev–Trinajstić information content (AvgIpc) is 3.65. The molecule has 0 radical (unpaired) electrons. The number of nitrogens with zero attached hydrogens (tertiary/aromatic N) is 3. The lowest BCUT2D eigenvalue weighted by molar-refractivity contribution is -0.438. The molecule has 0 spiro atoms. The quantitative estimate of drug-likeness (QED) is 0.0579. The summed E-state index contributed by atoms with van der Waals surface area (Å²) in [5, 5.41) is 2.79. The highest BCUT2D eigenvalue weighted by molar-refractivity contribution is 7.86. The molecule has 15 heteroatoms. The van der Waals surface area contributed by atoms with Gasteiger partial charge in [-0.05, 0) is 62.9 Å². The number of carbonyl (C=O) groups is 3. The molecule has 3 heterocycles. The molecule has 3 aliphatic heterocycles. The van der Waals surface area contributed by atoms with Crippen molar-refractivity contribution in [1.82, 2.24) is 10.2 Å². The Bertz CT molecular complexity index is 2300. The molecule has 304 valence electrons. The second-order valence-corrected chi connectivity index (χ2v) is 18.4. The van der Waals surface area contributed by atoms with E-state index >= 15 is 0 Å². The Morgan fingerprint density at radius 3 is 2.07 bits per heavy atom. The van der Waals surface area contributed by atoms with E-state index in [1.165, 1.54) is 17.7 Å². The zero-order valence-electron chi connectivity index (χ0n) is 32.7. The topological polar surface area (TPSA) is 181 Å². The minimum absolute atomic E-state index is 0.0553. The Hall–Kier alpha value is -4.96. The number of allylic oxidation sites excluding steroid dienone is 8. The van der Waals surface area contributed by atoms with Gasteiger partial charge in [0.25, 0.3) is 38.0 Å². The summed E-state index contributed by atoms with van der Waals surface area (Å²) in [5.41, 5.74) is 5.62. The molecule has 3 aliphatic rings. The van der Waals surface area contributed by atoms with E-state index in [0.717, 1.165) is 33.2 Å². The van der Waals surface area contributed by atoms with Crippen LogP contribution in [0.3, 0.4) is 0 Å². The largest absolute Gasteiger partial charge is 0.350 e. The number of fused-ring (bicyclic) bond motifs is 2. The first-order valence-corrected chi connectivity index (χ1v) is 22.1. The van der Waals surface area contributed by atoms with Crippen molar-refractivity contribution in [3.05, 3.63) is 120 Å². The second-order valence-electron chi connectivity index (χ2n) is 15.3. The van der Waals surface area contributed by atoms with Crippen molar-refractivity contribution in [2.24, 2.45) is 0 Å². The van der Waals surface area contributed by atoms with Gasteiger partial charge in [-0.3, -0.25) is 28.4 Å². The summed E-state index contributed by atoms with van der Waals surface area (Å²) in [5.74, 6) is -1.79. The third kappa shape index (κ3) is 10.5. The minimum Gasteiger partial charge on any atom is -0.350 e. The molecule has 0 fully saturated rings. The normalized spacial score (nSPS) is 18.3. The molecular formula is C42H51N4O9S2+. The van der Waals surface area contributed by atoms with Gasteiger partial charge in [-0.2, -0.15) is 21.4 Å². The smallest absolute Gasteiger partial charge is 0.264 e. The number of amides is 3. The van der Waals surface area contributed by atoms with Gasteiger partial charge in [0, 0.05) is 78.3 Å². The Labute approximate surface area is 335 Å². The molecule has 2 aromatic rings. The van der Waals surface area contributed by atoms with Crippen molar-refractivity contribution < 1.29 is 44.9 Å². The summed E-state index contributed by atoms with van der Waals surface area (Å²) in [6.07, 6.45) is 17.8. The van der Waals surface area contributed by atoms with Crippen molar-refractivity contribution in [2.45, 2.75) is 64.2 Å². The van der Waals surface area contributed by atoms with Crippen LogP contribution >= 0.6 is 0 Å². The third-order valence-electron chi connectivity index (χ3n) is 10.5. The molecule has 57 heavy (non-hydrogen) atoms. The third-order valence-corrected chi connectivity index (χ3v) is 12.1. The lowest BCUT2D eigenvalue weighted by Gasteiger charge is -2.27. The Morgan fingerprint density at radius 1 is 0.754 bits per heavy atom. The van der Waals surface area contributed by atoms with Crippen molar-refractivity contribution in [3.8, 4) is 0 Å². The first-order valence-electron chi connectivity index (χ1n) is 18.9. The fourth-order valence-electron chi connectivity index (χ4n) is 7.57. The average molecular weight is 820 g/mol. The minimum atomic E-state index is -4.09. The van der Waals surface area contributed by atoms with Gasteiger partial charge < -0.3 is 10.2 Å². The number of para-hydroxylation sites is 1. The fourth-order valence-corrected chi connectivity index (χ4v) is 8.71. The molecule has 0 bridgehead atoms. The SMILES string of the molecule is CC1(C)C(/C=C/C=C/C=C/C=C2/N(CCCCS(=O)(=O)O)c3ccc(C(=O)NCCN4C(=O)C=CC4=O)cc3C2(C)C)=[N+](CCCCS(=O)(=O)O)c2ccccc21. The van der Waals surface area contributed by atoms with Crippen LogP contribution in [0.1, 0.15) is 74.9 Å². The molecular weight excluding hydrogens is 769 g/mol. The number of carbonyl (C=O) groups excluding carboxylic acids is 3. The number of unbranched alkanes of at least 4 members (excludes halogenated alkanes) is 2. The van der Waals surface area contributed by atoms with E-state index in [4.69, 9.17) is 0 Å². The van der Waals surface area contributed by atoms with E-state index < -0.39 is 37.5 Å². The van der Waals surface area contributed by atoms with Gasteiger partial charge in [0.2, 0.25) is 5.69 Å². The molecule has 0 unspecified atom stereocenters. The number of anilines is 1. The van der Waals surface area contributed by atoms with Crippen molar-refractivity contribution in [1.29, 1.82) is 0 Å². The van der Waals surface area contributed by atoms with Gasteiger partial charge in [0.05, 0.1) is 16.9 Å². The Kier molecular flexibility index (Phi) is 13.4. The monoisotopic (exact) mass is 819 g/mol. The Morgan fingerprint density at radius 2 is 1.39 bits per heavy atom. The summed E-state index contributed by atoms with van der Waals surface area (Å²) in [7, 11) is -8.11. The van der Waals surface area contributed by atoms with Crippen LogP contribution in [-0.4, -0.2) is 96.5 Å². The molecule has 0 aromatic heterocycles. The highest BCUT2D eigenvalue weighted by Crippen LogP contribution is 2.48. The predicted molar refractivity (Wildman–Crippen MR) is 221 cm³/mol. The lowest BCUT2D eigenvalue weighted by atomic mass is 9.81. The highest BCUT2D eigenvalue weighted by atomic mass is 32.2. The van der Waals surface area contributed by atoms with Crippen molar-refractivity contribution >= 4 is 55.0 Å². The fraction of sp³-hybridized carbons (Fsp3) is 0.381. The predicted octanol–water partition coefficient (Wildman–Crippen LogP) is 5.40. The maximum atomic E-state index is 13.2. The van der Waals surface area contributed by atoms with E-state index in [1.54, 1.807) is 6.07 Å². The summed E-state index contributed by atoms with van der Waals surface area (Å²) in [6, 6.07) is 13.6. The molecule has 0 saturated heterocycles. The van der Waals surface area contributed by atoms with Crippen LogP contribution in [0.15, 0.2) is 103 Å². The Balaban J connectivity index is 1.32. The van der Waals surface area contributed by atoms with Crippen LogP contribution in [0.4, 0.5) is 11.4 Å². The lowest BCUT2D eigenvalue weighted by Crippen LogP contribution is -2.38. The summed E-state index contributed by atoms with van der Waals surface area (Å²) >= 11 is 0. The van der Waals surface area contributed by atoms with Gasteiger partial charge in [0.1, 0.15) is 6.54 Å². The zero-order valence-corrected chi connectivity index (χ0v) is 34.4. The van der Waals surface area contributed by atoms with Crippen LogP contribution < -0.4 is 10.2 Å². The van der Waals surface area contributed by atoms with Gasteiger partial charge in [-0.25, -0.2) is 0 Å². The van der Waals surface area contributed by atoms with E-state index in [9.17, 15) is 40.3 Å². The van der Waals surface area contributed by atoms with Crippen LogP contribution in [-0.2, 0) is 40.7 Å². The summed E-state index contributed by atoms with van der Waals surface area (Å²) < 4.78 is 65.9. The number of hydrogen-bond donors (Lipinski definition) is 3. The number of hydrogen-bond acceptors (Lipinski definition) is 8. The number of nitrogens with one attached hydrogen (secondary N) is 1. The van der Waals surface area contributed by atoms with Crippen molar-refractivity contribution in [3.63, 3.8) is 0 Å². The van der Waals surface area contributed by atoms with Crippen LogP contribution in [0, 0.1) is 0 Å². The maximum absolute atomic E-state index is 13.2.